The predicted molar refractivity (Wildman–Crippen MR) is 110 cm³/mol. The van der Waals surface area contributed by atoms with Gasteiger partial charge in [0.2, 0.25) is 0 Å². The molecule has 0 saturated heterocycles. The number of furan rings is 1. The van der Waals surface area contributed by atoms with Crippen molar-refractivity contribution in [3.63, 3.8) is 0 Å². The van der Waals surface area contributed by atoms with Gasteiger partial charge in [-0.15, -0.1) is 24.0 Å². The summed E-state index contributed by atoms with van der Waals surface area (Å²) in [5.41, 5.74) is 1.23. The minimum Gasteiger partial charge on any atom is -0.468 e. The Morgan fingerprint density at radius 2 is 1.88 bits per heavy atom. The van der Waals surface area contributed by atoms with Gasteiger partial charge in [0.15, 0.2) is 5.96 Å². The third-order valence-corrected chi connectivity index (χ3v) is 3.83. The molecular weight excluding hydrogens is 415 g/mol. The van der Waals surface area contributed by atoms with Crippen LogP contribution in [0.3, 0.4) is 0 Å². The van der Waals surface area contributed by atoms with Gasteiger partial charge >= 0.3 is 0 Å². The highest BCUT2D eigenvalue weighted by molar-refractivity contribution is 14.0. The molecule has 0 aliphatic carbocycles. The minimum atomic E-state index is 0. The van der Waals surface area contributed by atoms with Gasteiger partial charge in [-0.25, -0.2) is 0 Å². The van der Waals surface area contributed by atoms with E-state index in [1.54, 1.807) is 13.3 Å². The van der Waals surface area contributed by atoms with Gasteiger partial charge in [-0.1, -0.05) is 30.3 Å². The van der Waals surface area contributed by atoms with E-state index < -0.39 is 0 Å². The van der Waals surface area contributed by atoms with Crippen LogP contribution in [0.15, 0.2) is 58.1 Å². The Bertz CT molecular complexity index is 599. The van der Waals surface area contributed by atoms with Gasteiger partial charge in [-0.3, -0.25) is 9.89 Å². The average molecular weight is 442 g/mol. The normalized spacial score (nSPS) is 14.0. The Kier molecular flexibility index (Phi) is 8.84. The molecule has 1 aromatic carbocycles. The number of likely N-dealkylation sites (N-methyl/N-ethyl adjacent to an activating group) is 1. The van der Waals surface area contributed by atoms with Gasteiger partial charge in [0.05, 0.1) is 18.3 Å². The van der Waals surface area contributed by atoms with Crippen LogP contribution in [0.4, 0.5) is 0 Å². The maximum Gasteiger partial charge on any atom is 0.191 e. The summed E-state index contributed by atoms with van der Waals surface area (Å²) in [5.74, 6) is 1.72. The fraction of sp³-hybridized carbons (Fsp3) is 0.389. The topological polar surface area (TPSA) is 52.8 Å². The maximum absolute atomic E-state index is 5.53. The predicted octanol–water partition coefficient (Wildman–Crippen LogP) is 3.43. The molecule has 0 saturated carbocycles. The van der Waals surface area contributed by atoms with E-state index in [9.17, 15) is 0 Å². The Morgan fingerprint density at radius 3 is 2.42 bits per heavy atom. The largest absolute Gasteiger partial charge is 0.468 e. The van der Waals surface area contributed by atoms with E-state index in [1.807, 2.05) is 44.4 Å². The first-order chi connectivity index (χ1) is 11.1. The molecule has 0 aliphatic heterocycles. The first-order valence-electron chi connectivity index (χ1n) is 7.83. The van der Waals surface area contributed by atoms with Gasteiger partial charge < -0.3 is 15.1 Å². The van der Waals surface area contributed by atoms with Crippen molar-refractivity contribution in [2.24, 2.45) is 4.99 Å². The summed E-state index contributed by atoms with van der Waals surface area (Å²) in [4.78, 5) is 6.44. The maximum atomic E-state index is 5.53. The van der Waals surface area contributed by atoms with Crippen LogP contribution in [-0.2, 0) is 0 Å². The fourth-order valence-electron chi connectivity index (χ4n) is 2.44. The summed E-state index contributed by atoms with van der Waals surface area (Å²) in [6.07, 6.45) is 1.70. The molecule has 1 aromatic heterocycles. The molecule has 132 valence electrons. The second kappa shape index (κ2) is 10.4. The smallest absolute Gasteiger partial charge is 0.191 e. The van der Waals surface area contributed by atoms with E-state index >= 15 is 0 Å². The third kappa shape index (κ3) is 5.83. The Labute approximate surface area is 161 Å². The fourth-order valence-corrected chi connectivity index (χ4v) is 2.44. The van der Waals surface area contributed by atoms with Crippen molar-refractivity contribution in [1.82, 2.24) is 15.5 Å². The molecule has 0 spiro atoms. The van der Waals surface area contributed by atoms with E-state index in [0.29, 0.717) is 6.54 Å². The molecular formula is C18H27IN4O. The molecule has 1 heterocycles. The number of hydrogen-bond donors (Lipinski definition) is 2. The van der Waals surface area contributed by atoms with Crippen LogP contribution in [0, 0.1) is 0 Å². The molecule has 6 heteroatoms. The Morgan fingerprint density at radius 1 is 1.17 bits per heavy atom. The van der Waals surface area contributed by atoms with Crippen molar-refractivity contribution >= 4 is 29.9 Å². The number of hydrogen-bond acceptors (Lipinski definition) is 3. The van der Waals surface area contributed by atoms with Crippen molar-refractivity contribution < 1.29 is 4.42 Å². The van der Waals surface area contributed by atoms with E-state index in [2.05, 4.69) is 39.6 Å². The lowest BCUT2D eigenvalue weighted by Crippen LogP contribution is -2.42. The highest BCUT2D eigenvalue weighted by Crippen LogP contribution is 2.17. The number of nitrogens with one attached hydrogen (secondary N) is 2. The van der Waals surface area contributed by atoms with E-state index in [4.69, 9.17) is 4.42 Å². The molecule has 2 aromatic rings. The van der Waals surface area contributed by atoms with Crippen molar-refractivity contribution in [2.45, 2.75) is 19.0 Å². The number of aliphatic imine (C=N–C) groups is 1. The molecule has 0 aliphatic rings. The molecule has 2 rings (SSSR count). The molecule has 2 unspecified atom stereocenters. The lowest BCUT2D eigenvalue weighted by molar-refractivity contribution is 0.258. The zero-order valence-electron chi connectivity index (χ0n) is 14.7. The second-order valence-corrected chi connectivity index (χ2v) is 5.72. The molecule has 24 heavy (non-hydrogen) atoms. The summed E-state index contributed by atoms with van der Waals surface area (Å²) in [6.45, 7) is 2.83. The highest BCUT2D eigenvalue weighted by atomic mass is 127. The Balaban J connectivity index is 0.00000288. The van der Waals surface area contributed by atoms with Crippen molar-refractivity contribution in [3.8, 4) is 0 Å². The van der Waals surface area contributed by atoms with Gasteiger partial charge in [-0.2, -0.15) is 0 Å². The average Bonchev–Trinajstić information content (AvgIpc) is 3.08. The zero-order valence-corrected chi connectivity index (χ0v) is 17.0. The van der Waals surface area contributed by atoms with Crippen LogP contribution >= 0.6 is 24.0 Å². The lowest BCUT2D eigenvalue weighted by Gasteiger charge is -2.25. The summed E-state index contributed by atoms with van der Waals surface area (Å²) in [7, 11) is 5.86. The minimum absolute atomic E-state index is 0. The summed E-state index contributed by atoms with van der Waals surface area (Å²) in [6, 6.07) is 14.6. The van der Waals surface area contributed by atoms with Crippen molar-refractivity contribution in [3.05, 3.63) is 60.1 Å². The van der Waals surface area contributed by atoms with Crippen LogP contribution in [0.5, 0.6) is 0 Å². The standard InChI is InChI=1S/C18H26N4O.HI/c1-14(15-9-6-5-7-10-15)21-18(19-2)20-13-16(22(3)4)17-11-8-12-23-17;/h5-12,14,16H,13H2,1-4H3,(H2,19,20,21);1H. The molecule has 0 amide bonds. The van der Waals surface area contributed by atoms with E-state index in [-0.39, 0.29) is 36.1 Å². The third-order valence-electron chi connectivity index (χ3n) is 3.83. The summed E-state index contributed by atoms with van der Waals surface area (Å²) < 4.78 is 5.53. The van der Waals surface area contributed by atoms with Crippen molar-refractivity contribution in [1.29, 1.82) is 0 Å². The first kappa shape index (κ1) is 20.5. The van der Waals surface area contributed by atoms with Crippen LogP contribution in [0.25, 0.3) is 0 Å². The van der Waals surface area contributed by atoms with Crippen LogP contribution in [0.1, 0.15) is 30.3 Å². The lowest BCUT2D eigenvalue weighted by atomic mass is 10.1. The van der Waals surface area contributed by atoms with Crippen LogP contribution < -0.4 is 10.6 Å². The van der Waals surface area contributed by atoms with Gasteiger partial charge in [0.1, 0.15) is 5.76 Å². The van der Waals surface area contributed by atoms with Crippen molar-refractivity contribution in [2.75, 3.05) is 27.7 Å². The van der Waals surface area contributed by atoms with Gasteiger partial charge in [0, 0.05) is 13.6 Å². The number of guanidine groups is 1. The number of rotatable bonds is 6. The molecule has 2 N–H and O–H groups in total. The van der Waals surface area contributed by atoms with Crippen LogP contribution in [-0.4, -0.2) is 38.5 Å². The van der Waals surface area contributed by atoms with Gasteiger partial charge in [0.25, 0.3) is 0 Å². The summed E-state index contributed by atoms with van der Waals surface area (Å²) in [5, 5.41) is 6.79. The van der Waals surface area contributed by atoms with Crippen LogP contribution in [0.2, 0.25) is 0 Å². The zero-order chi connectivity index (χ0) is 16.7. The number of benzene rings is 1. The van der Waals surface area contributed by atoms with E-state index in [1.165, 1.54) is 5.56 Å². The molecule has 0 bridgehead atoms. The number of halogens is 1. The summed E-state index contributed by atoms with van der Waals surface area (Å²) >= 11 is 0. The highest BCUT2D eigenvalue weighted by Gasteiger charge is 2.17. The Hall–Kier alpha value is -1.54. The van der Waals surface area contributed by atoms with Gasteiger partial charge in [-0.05, 0) is 38.7 Å². The first-order valence-corrected chi connectivity index (χ1v) is 7.83. The second-order valence-electron chi connectivity index (χ2n) is 5.72. The molecule has 2 atom stereocenters. The molecule has 0 radical (unpaired) electrons. The SMILES string of the molecule is CN=C(NCC(c1ccco1)N(C)C)NC(C)c1ccccc1.I. The monoisotopic (exact) mass is 442 g/mol. The molecule has 0 fully saturated rings. The quantitative estimate of drug-likeness (QED) is 0.409. The number of nitrogens with zero attached hydrogens (tertiary/aromatic N) is 2. The molecule has 5 nitrogen and oxygen atoms in total. The van der Waals surface area contributed by atoms with E-state index in [0.717, 1.165) is 11.7 Å².